The largest absolute Gasteiger partial charge is 0.351 e. The highest BCUT2D eigenvalue weighted by Gasteiger charge is 2.31. The fraction of sp³-hybridized carbons (Fsp3) is 0.138. The monoisotopic (exact) mass is 494 g/mol. The first-order chi connectivity index (χ1) is 18.0. The molecule has 37 heavy (non-hydrogen) atoms. The van der Waals surface area contributed by atoms with Gasteiger partial charge < -0.3 is 4.98 Å². The van der Waals surface area contributed by atoms with Crippen molar-refractivity contribution < 1.29 is 9.59 Å². The van der Waals surface area contributed by atoms with E-state index < -0.39 is 23.2 Å². The van der Waals surface area contributed by atoms with Crippen LogP contribution in [-0.2, 0) is 11.3 Å². The molecule has 0 saturated heterocycles. The van der Waals surface area contributed by atoms with E-state index in [0.29, 0.717) is 33.7 Å². The zero-order chi connectivity index (χ0) is 26.4. The van der Waals surface area contributed by atoms with Crippen LogP contribution >= 0.6 is 0 Å². The molecule has 0 radical (unpaired) electrons. The van der Waals surface area contributed by atoms with Crippen molar-refractivity contribution in [3.05, 3.63) is 123 Å². The molecule has 0 spiro atoms. The van der Waals surface area contributed by atoms with E-state index in [0.717, 1.165) is 9.47 Å². The minimum Gasteiger partial charge on any atom is -0.306 e. The number of amides is 3. The van der Waals surface area contributed by atoms with E-state index in [9.17, 15) is 19.2 Å². The lowest BCUT2D eigenvalue weighted by atomic mass is 9.99. The van der Waals surface area contributed by atoms with Crippen molar-refractivity contribution in [3.63, 3.8) is 0 Å². The van der Waals surface area contributed by atoms with E-state index in [2.05, 4.69) is 9.98 Å². The number of H-pyrrole nitrogens is 1. The predicted octanol–water partition coefficient (Wildman–Crippen LogP) is 4.19. The Kier molecular flexibility index (Phi) is 7.68. The number of hydrogen-bond donors (Lipinski definition) is 1. The Morgan fingerprint density at radius 1 is 0.811 bits per heavy atom. The van der Waals surface area contributed by atoms with Gasteiger partial charge in [-0.25, -0.2) is 9.59 Å². The number of aromatic amines is 1. The molecule has 1 aromatic heterocycles. The van der Waals surface area contributed by atoms with Crippen LogP contribution in [-0.4, -0.2) is 38.6 Å². The summed E-state index contributed by atoms with van der Waals surface area (Å²) in [5.41, 5.74) is 1.89. The van der Waals surface area contributed by atoms with Crippen LogP contribution in [0.25, 0.3) is 17.3 Å². The summed E-state index contributed by atoms with van der Waals surface area (Å²) in [6.07, 6.45) is 8.21. The molecule has 0 unspecified atom stereocenters. The zero-order valence-electron chi connectivity index (χ0n) is 20.5. The molecule has 1 N–H and O–H groups in total. The molecule has 0 atom stereocenters. The van der Waals surface area contributed by atoms with E-state index in [1.165, 1.54) is 0 Å². The Bertz CT molecular complexity index is 1560. The number of urea groups is 1. The molecule has 0 saturated carbocycles. The highest BCUT2D eigenvalue weighted by Crippen LogP contribution is 2.20. The molecular weight excluding hydrogens is 468 g/mol. The number of nitrogens with one attached hydrogen (secondary N) is 1. The molecule has 3 amide bonds. The fourth-order valence-corrected chi connectivity index (χ4v) is 4.02. The van der Waals surface area contributed by atoms with Crippen LogP contribution < -0.4 is 11.2 Å². The first-order valence-electron chi connectivity index (χ1n) is 11.9. The van der Waals surface area contributed by atoms with Crippen LogP contribution in [0.15, 0.2) is 105 Å². The molecule has 186 valence electrons. The number of aromatic nitrogens is 2. The third-order valence-electron chi connectivity index (χ3n) is 5.88. The average molecular weight is 495 g/mol. The van der Waals surface area contributed by atoms with Gasteiger partial charge in [-0.2, -0.15) is 4.99 Å². The van der Waals surface area contributed by atoms with Gasteiger partial charge in [-0.15, -0.1) is 0 Å². The van der Waals surface area contributed by atoms with E-state index in [1.807, 2.05) is 48.5 Å². The van der Waals surface area contributed by atoms with Crippen LogP contribution in [0.4, 0.5) is 4.79 Å². The highest BCUT2D eigenvalue weighted by molar-refractivity contribution is 6.34. The summed E-state index contributed by atoms with van der Waals surface area (Å²) in [5.74, 6) is -0.423. The Morgan fingerprint density at radius 3 is 2.08 bits per heavy atom. The first kappa shape index (κ1) is 25.2. The standard InChI is InChI=1S/C29H26N4O4/c1-3-32-26(34)22(24(30-28(32)36)20-14-8-5-9-15-20)18-12-7-13-19-23-25(21-16-10-6-11-17-21)31-29(37)33(4-2)27(23)35/h5-19H,3-4H2,1-2H3,(H,30,36)/b13-7+,18-12+,23-19-. The number of benzene rings is 2. The lowest BCUT2D eigenvalue weighted by molar-refractivity contribution is -0.123. The van der Waals surface area contributed by atoms with E-state index in [4.69, 9.17) is 0 Å². The molecule has 4 rings (SSSR count). The predicted molar refractivity (Wildman–Crippen MR) is 144 cm³/mol. The summed E-state index contributed by atoms with van der Waals surface area (Å²) in [5, 5.41) is 0. The minimum absolute atomic E-state index is 0.211. The number of carbonyl (C=O) groups is 2. The molecular formula is C29H26N4O4. The third kappa shape index (κ3) is 5.23. The van der Waals surface area contributed by atoms with Gasteiger partial charge in [0.15, 0.2) is 0 Å². The summed E-state index contributed by atoms with van der Waals surface area (Å²) in [6, 6.07) is 17.6. The molecule has 0 bridgehead atoms. The van der Waals surface area contributed by atoms with Gasteiger partial charge in [0.05, 0.1) is 22.5 Å². The van der Waals surface area contributed by atoms with Crippen molar-refractivity contribution in [3.8, 4) is 11.3 Å². The summed E-state index contributed by atoms with van der Waals surface area (Å²) in [7, 11) is 0. The normalized spacial score (nSPS) is 15.2. The molecule has 1 aliphatic rings. The number of hydrogen-bond acceptors (Lipinski definition) is 4. The third-order valence-corrected chi connectivity index (χ3v) is 5.88. The SMILES string of the molecule is CCN1C(=O)N=C(c2ccccc2)/C(=C/C=C/C=C/c2c(-c3ccccc3)[nH]c(=O)n(CC)c2=O)C1=O. The molecule has 2 aromatic carbocycles. The number of carbonyl (C=O) groups excluding carboxylic acids is 2. The van der Waals surface area contributed by atoms with Crippen molar-refractivity contribution in [2.24, 2.45) is 4.99 Å². The quantitative estimate of drug-likeness (QED) is 0.393. The average Bonchev–Trinajstić information content (AvgIpc) is 2.91. The molecule has 0 aliphatic carbocycles. The smallest absolute Gasteiger partial charge is 0.306 e. The van der Waals surface area contributed by atoms with Gasteiger partial charge in [0, 0.05) is 18.7 Å². The second-order valence-corrected chi connectivity index (χ2v) is 8.12. The van der Waals surface area contributed by atoms with Gasteiger partial charge in [0.1, 0.15) is 0 Å². The van der Waals surface area contributed by atoms with Crippen LogP contribution in [0.2, 0.25) is 0 Å². The maximum absolute atomic E-state index is 13.0. The fourth-order valence-electron chi connectivity index (χ4n) is 4.02. The van der Waals surface area contributed by atoms with Crippen LogP contribution in [0, 0.1) is 0 Å². The number of rotatable bonds is 7. The van der Waals surface area contributed by atoms with Crippen LogP contribution in [0.3, 0.4) is 0 Å². The van der Waals surface area contributed by atoms with Gasteiger partial charge in [-0.3, -0.25) is 19.1 Å². The Hall–Kier alpha value is -4.85. The molecule has 8 heteroatoms. The summed E-state index contributed by atoms with van der Waals surface area (Å²) in [4.78, 5) is 58.9. The molecule has 8 nitrogen and oxygen atoms in total. The van der Waals surface area contributed by atoms with Crippen molar-refractivity contribution >= 4 is 23.7 Å². The zero-order valence-corrected chi connectivity index (χ0v) is 20.5. The summed E-state index contributed by atoms with van der Waals surface area (Å²) >= 11 is 0. The highest BCUT2D eigenvalue weighted by atomic mass is 16.2. The van der Waals surface area contributed by atoms with Crippen molar-refractivity contribution in [1.82, 2.24) is 14.5 Å². The number of likely N-dealkylation sites (N-methyl/N-ethyl adjacent to an activating group) is 1. The second kappa shape index (κ2) is 11.3. The lowest BCUT2D eigenvalue weighted by Crippen LogP contribution is -2.42. The van der Waals surface area contributed by atoms with E-state index >= 15 is 0 Å². The lowest BCUT2D eigenvalue weighted by Gasteiger charge is -2.24. The number of allylic oxidation sites excluding steroid dienone is 4. The van der Waals surface area contributed by atoms with Crippen molar-refractivity contribution in [2.45, 2.75) is 20.4 Å². The number of nitrogens with zero attached hydrogens (tertiary/aromatic N) is 3. The molecule has 0 fully saturated rings. The maximum Gasteiger partial charge on any atom is 0.351 e. The summed E-state index contributed by atoms with van der Waals surface area (Å²) in [6.45, 7) is 3.90. The van der Waals surface area contributed by atoms with E-state index in [1.54, 1.807) is 56.4 Å². The molecule has 1 aliphatic heterocycles. The van der Waals surface area contributed by atoms with Gasteiger partial charge in [-0.1, -0.05) is 78.9 Å². The number of imide groups is 1. The van der Waals surface area contributed by atoms with Gasteiger partial charge in [-0.05, 0) is 31.6 Å². The number of aliphatic imine (C=N–C) groups is 1. The summed E-state index contributed by atoms with van der Waals surface area (Å²) < 4.78 is 1.14. The topological polar surface area (TPSA) is 105 Å². The van der Waals surface area contributed by atoms with Crippen LogP contribution in [0.5, 0.6) is 0 Å². The van der Waals surface area contributed by atoms with Gasteiger partial charge in [0.25, 0.3) is 11.5 Å². The van der Waals surface area contributed by atoms with Gasteiger partial charge >= 0.3 is 11.7 Å². The Labute approximate surface area is 213 Å². The molecule has 2 heterocycles. The van der Waals surface area contributed by atoms with E-state index in [-0.39, 0.29) is 13.1 Å². The Balaban J connectivity index is 1.71. The maximum atomic E-state index is 13.0. The minimum atomic E-state index is -0.592. The molecule has 3 aromatic rings. The van der Waals surface area contributed by atoms with Crippen molar-refractivity contribution in [1.29, 1.82) is 0 Å². The van der Waals surface area contributed by atoms with Crippen molar-refractivity contribution in [2.75, 3.05) is 6.54 Å². The van der Waals surface area contributed by atoms with Crippen LogP contribution in [0.1, 0.15) is 25.0 Å². The first-order valence-corrected chi connectivity index (χ1v) is 11.9. The second-order valence-electron chi connectivity index (χ2n) is 8.12. The Morgan fingerprint density at radius 2 is 1.46 bits per heavy atom. The van der Waals surface area contributed by atoms with Gasteiger partial charge in [0.2, 0.25) is 0 Å².